The molecule has 0 aromatic heterocycles. The third-order valence-corrected chi connectivity index (χ3v) is 2.10. The molecule has 0 fully saturated rings. The van der Waals surface area contributed by atoms with Crippen LogP contribution in [0.5, 0.6) is 0 Å². The molecular weight excluding hydrogens is 198 g/mol. The Morgan fingerprint density at radius 1 is 1.00 bits per heavy atom. The van der Waals surface area contributed by atoms with Gasteiger partial charge in [0.25, 0.3) is 5.69 Å². The smallest absolute Gasteiger partial charge is 0.270 e. The molecule has 1 aliphatic rings. The van der Waals surface area contributed by atoms with Gasteiger partial charge in [0.05, 0.1) is 4.92 Å². The number of Topliss-reactive ketones (excluding diaryl/α,β-unsaturated/α-hetero) is 2. The molecule has 0 heterocycles. The molecule has 74 valence electrons. The van der Waals surface area contributed by atoms with Crippen molar-refractivity contribution in [2.75, 3.05) is 0 Å². The van der Waals surface area contributed by atoms with Crippen LogP contribution in [0.4, 0.5) is 5.69 Å². The van der Waals surface area contributed by atoms with Crippen molar-refractivity contribution in [3.63, 3.8) is 0 Å². The molecule has 0 spiro atoms. The Hall–Kier alpha value is -2.30. The summed E-state index contributed by atoms with van der Waals surface area (Å²) < 4.78 is 0. The van der Waals surface area contributed by atoms with E-state index in [0.29, 0.717) is 10.4 Å². The fraction of sp³-hybridized carbons (Fsp3) is 0. The molecule has 2 rings (SSSR count). The van der Waals surface area contributed by atoms with Gasteiger partial charge in [-0.3, -0.25) is 19.7 Å². The van der Waals surface area contributed by atoms with E-state index in [-0.39, 0.29) is 5.69 Å². The molecule has 0 N–H and O–H groups in total. The molecule has 0 atom stereocenters. The number of non-ortho nitro benzene ring substituents is 1. The molecule has 1 aliphatic carbocycles. The van der Waals surface area contributed by atoms with Crippen molar-refractivity contribution < 1.29 is 14.5 Å². The van der Waals surface area contributed by atoms with Crippen molar-refractivity contribution in [2.24, 2.45) is 0 Å². The summed E-state index contributed by atoms with van der Waals surface area (Å²) >= 11 is 0. The maximum atomic E-state index is 11.0. The summed E-state index contributed by atoms with van der Waals surface area (Å²) in [5.74, 6) is -1.25. The number of nitro benzene ring substituents is 1. The molecule has 0 unspecified atom stereocenters. The lowest BCUT2D eigenvalue weighted by Crippen LogP contribution is -2.33. The summed E-state index contributed by atoms with van der Waals surface area (Å²) in [7, 11) is 0. The second-order valence-electron chi connectivity index (χ2n) is 3.09. The van der Waals surface area contributed by atoms with Crippen LogP contribution < -0.4 is 10.4 Å². The van der Waals surface area contributed by atoms with E-state index < -0.39 is 16.5 Å². The van der Waals surface area contributed by atoms with Gasteiger partial charge in [-0.25, -0.2) is 0 Å². The third kappa shape index (κ3) is 1.54. The number of carbonyl (C=O) groups is 2. The average Bonchev–Trinajstić information content (AvgIpc) is 2.19. The largest absolute Gasteiger partial charge is 0.286 e. The summed E-state index contributed by atoms with van der Waals surface area (Å²) in [5, 5.41) is 11.4. The highest BCUT2D eigenvalue weighted by Gasteiger charge is 2.13. The van der Waals surface area contributed by atoms with Crippen molar-refractivity contribution >= 4 is 29.4 Å². The van der Waals surface area contributed by atoms with Crippen molar-refractivity contribution in [1.29, 1.82) is 0 Å². The highest BCUT2D eigenvalue weighted by atomic mass is 16.6. The maximum Gasteiger partial charge on any atom is 0.270 e. The summed E-state index contributed by atoms with van der Waals surface area (Å²) in [6.07, 6.45) is 2.30. The zero-order chi connectivity index (χ0) is 11.0. The number of nitrogens with zero attached hydrogens (tertiary/aromatic N) is 1. The molecular formula is C10H5NO4. The van der Waals surface area contributed by atoms with Gasteiger partial charge in [0.1, 0.15) is 0 Å². The molecule has 0 saturated carbocycles. The Bertz CT molecular complexity index is 600. The molecule has 0 amide bonds. The number of carbonyl (C=O) groups excluding carboxylic acids is 2. The molecule has 0 radical (unpaired) electrons. The van der Waals surface area contributed by atoms with Gasteiger partial charge in [-0.1, -0.05) is 0 Å². The minimum atomic E-state index is -0.650. The van der Waals surface area contributed by atoms with E-state index in [9.17, 15) is 19.7 Å². The van der Waals surface area contributed by atoms with Crippen LogP contribution in [-0.4, -0.2) is 16.5 Å². The predicted octanol–water partition coefficient (Wildman–Crippen LogP) is -0.692. The monoisotopic (exact) mass is 203 g/mol. The van der Waals surface area contributed by atoms with Crippen LogP contribution in [0.2, 0.25) is 0 Å². The third-order valence-electron chi connectivity index (χ3n) is 2.10. The van der Waals surface area contributed by atoms with Crippen molar-refractivity contribution in [1.82, 2.24) is 0 Å². The van der Waals surface area contributed by atoms with Gasteiger partial charge in [-0.15, -0.1) is 0 Å². The van der Waals surface area contributed by atoms with Crippen LogP contribution >= 0.6 is 0 Å². The van der Waals surface area contributed by atoms with Crippen LogP contribution in [0.15, 0.2) is 18.2 Å². The Kier molecular flexibility index (Phi) is 1.93. The topological polar surface area (TPSA) is 77.3 Å². The highest BCUT2D eigenvalue weighted by Crippen LogP contribution is 2.03. The van der Waals surface area contributed by atoms with E-state index in [1.165, 1.54) is 24.3 Å². The molecule has 0 bridgehead atoms. The zero-order valence-electron chi connectivity index (χ0n) is 7.47. The second kappa shape index (κ2) is 3.13. The lowest BCUT2D eigenvalue weighted by molar-refractivity contribution is -0.385. The minimum Gasteiger partial charge on any atom is -0.286 e. The Morgan fingerprint density at radius 3 is 2.20 bits per heavy atom. The minimum absolute atomic E-state index is 0.0967. The number of benzene rings is 1. The van der Waals surface area contributed by atoms with E-state index >= 15 is 0 Å². The zero-order valence-corrected chi connectivity index (χ0v) is 7.47. The number of rotatable bonds is 1. The lowest BCUT2D eigenvalue weighted by atomic mass is 10.1. The SMILES string of the molecule is O=C1C=c2ccc([N+](=O)[O-])cc2=CC1=O. The van der Waals surface area contributed by atoms with E-state index in [4.69, 9.17) is 0 Å². The standard InChI is InChI=1S/C10H5NO4/c12-9-4-6-1-2-8(11(14)15)3-7(6)5-10(9)13/h1-5H. The first-order valence-corrected chi connectivity index (χ1v) is 4.14. The van der Waals surface area contributed by atoms with Crippen LogP contribution in [0.1, 0.15) is 0 Å². The second-order valence-corrected chi connectivity index (χ2v) is 3.09. The van der Waals surface area contributed by atoms with E-state index in [2.05, 4.69) is 0 Å². The van der Waals surface area contributed by atoms with Gasteiger partial charge < -0.3 is 0 Å². The van der Waals surface area contributed by atoms with Crippen LogP contribution in [0, 0.1) is 10.1 Å². The molecule has 5 nitrogen and oxygen atoms in total. The van der Waals surface area contributed by atoms with Gasteiger partial charge in [-0.2, -0.15) is 0 Å². The number of hydrogen-bond donors (Lipinski definition) is 0. The molecule has 15 heavy (non-hydrogen) atoms. The Balaban J connectivity index is 2.75. The number of ketones is 2. The molecule has 5 heteroatoms. The fourth-order valence-electron chi connectivity index (χ4n) is 1.36. The molecule has 1 aromatic carbocycles. The van der Waals surface area contributed by atoms with Gasteiger partial charge >= 0.3 is 0 Å². The Labute approximate surface area is 83.5 Å². The Morgan fingerprint density at radius 2 is 1.60 bits per heavy atom. The van der Waals surface area contributed by atoms with Crippen molar-refractivity contribution in [3.05, 3.63) is 38.8 Å². The first kappa shape index (κ1) is 9.26. The number of nitro groups is 1. The quantitative estimate of drug-likeness (QED) is 0.344. The molecule has 0 saturated heterocycles. The van der Waals surface area contributed by atoms with Gasteiger partial charge in [0.15, 0.2) is 0 Å². The number of fused-ring (bicyclic) bond motifs is 1. The van der Waals surface area contributed by atoms with Gasteiger partial charge in [0, 0.05) is 12.1 Å². The van der Waals surface area contributed by atoms with Crippen LogP contribution in [-0.2, 0) is 9.59 Å². The van der Waals surface area contributed by atoms with E-state index in [0.717, 1.165) is 6.08 Å². The van der Waals surface area contributed by atoms with Gasteiger partial charge in [-0.05, 0) is 28.7 Å². The first-order chi connectivity index (χ1) is 7.08. The van der Waals surface area contributed by atoms with E-state index in [1.54, 1.807) is 0 Å². The average molecular weight is 203 g/mol. The lowest BCUT2D eigenvalue weighted by Gasteiger charge is -1.97. The first-order valence-electron chi connectivity index (χ1n) is 4.14. The summed E-state index contributed by atoms with van der Waals surface area (Å²) in [6.45, 7) is 0. The molecule has 0 aliphatic heterocycles. The van der Waals surface area contributed by atoms with Crippen LogP contribution in [0.3, 0.4) is 0 Å². The summed E-state index contributed by atoms with van der Waals surface area (Å²) in [5.41, 5.74) is -0.0967. The summed E-state index contributed by atoms with van der Waals surface area (Å²) in [6, 6.07) is 4.02. The van der Waals surface area contributed by atoms with Crippen molar-refractivity contribution in [2.45, 2.75) is 0 Å². The molecule has 1 aromatic rings. The number of hydrogen-bond acceptors (Lipinski definition) is 4. The maximum absolute atomic E-state index is 11.0. The van der Waals surface area contributed by atoms with Gasteiger partial charge in [0.2, 0.25) is 11.6 Å². The van der Waals surface area contributed by atoms with Crippen molar-refractivity contribution in [3.8, 4) is 0 Å². The summed E-state index contributed by atoms with van der Waals surface area (Å²) in [4.78, 5) is 32.0. The highest BCUT2D eigenvalue weighted by molar-refractivity contribution is 6.57. The van der Waals surface area contributed by atoms with E-state index in [1.807, 2.05) is 0 Å². The fourth-order valence-corrected chi connectivity index (χ4v) is 1.36. The predicted molar refractivity (Wildman–Crippen MR) is 51.3 cm³/mol. The normalized spacial score (nSPS) is 13.9. The van der Waals surface area contributed by atoms with Crippen LogP contribution in [0.25, 0.3) is 12.2 Å².